The number of rotatable bonds is 9. The Balaban J connectivity index is 1.55. The van der Waals surface area contributed by atoms with Crippen LogP contribution in [0.1, 0.15) is 66.8 Å². The van der Waals surface area contributed by atoms with Crippen molar-refractivity contribution in [1.82, 2.24) is 4.90 Å². The molecule has 2 fully saturated rings. The van der Waals surface area contributed by atoms with E-state index in [1.54, 1.807) is 0 Å². The minimum Gasteiger partial charge on any atom is -0.392 e. The Kier molecular flexibility index (Phi) is 8.11. The maximum Gasteiger partial charge on any atom is 0.184 e. The van der Waals surface area contributed by atoms with Crippen molar-refractivity contribution < 1.29 is 14.6 Å². The van der Waals surface area contributed by atoms with E-state index in [9.17, 15) is 5.11 Å². The lowest BCUT2D eigenvalue weighted by Crippen LogP contribution is -2.43. The molecule has 5 heteroatoms. The molecule has 0 amide bonds. The fourth-order valence-electron chi connectivity index (χ4n) is 4.91. The molecular weight excluding hydrogens is 400 g/mol. The number of aliphatic hydroxyl groups is 1. The quantitative estimate of drug-likeness (QED) is 0.562. The summed E-state index contributed by atoms with van der Waals surface area (Å²) in [7, 11) is 0. The minimum absolute atomic E-state index is 0.0472. The molecule has 172 valence electrons. The molecule has 0 unspecified atom stereocenters. The van der Waals surface area contributed by atoms with Gasteiger partial charge in [0.15, 0.2) is 6.29 Å². The third kappa shape index (κ3) is 5.66. The summed E-state index contributed by atoms with van der Waals surface area (Å²) in [5.74, 6) is 0. The first-order chi connectivity index (χ1) is 15.7. The number of hydrogen-bond donors (Lipinski definition) is 2. The predicted octanol–water partition coefficient (Wildman–Crippen LogP) is 4.61. The van der Waals surface area contributed by atoms with Crippen molar-refractivity contribution in [1.29, 1.82) is 0 Å². The van der Waals surface area contributed by atoms with Crippen LogP contribution in [-0.2, 0) is 22.6 Å². The van der Waals surface area contributed by atoms with Gasteiger partial charge in [-0.3, -0.25) is 4.90 Å². The van der Waals surface area contributed by atoms with Crippen LogP contribution in [0.25, 0.3) is 0 Å². The zero-order chi connectivity index (χ0) is 22.3. The lowest BCUT2D eigenvalue weighted by atomic mass is 9.99. The number of ether oxygens (including phenoxy) is 2. The van der Waals surface area contributed by atoms with Crippen molar-refractivity contribution in [2.45, 2.75) is 69.8 Å². The van der Waals surface area contributed by atoms with Gasteiger partial charge in [-0.1, -0.05) is 67.4 Å². The molecular formula is C27H36N2O3. The Bertz CT molecular complexity index is 791. The molecule has 2 aliphatic rings. The third-order valence-corrected chi connectivity index (χ3v) is 6.75. The van der Waals surface area contributed by atoms with Crippen LogP contribution in [0.4, 0.5) is 0 Å². The Hall–Kier alpha value is -2.02. The molecule has 1 aliphatic carbocycles. The fraction of sp³-hybridized carbons (Fsp3) is 0.481. The molecule has 1 saturated heterocycles. The van der Waals surface area contributed by atoms with E-state index in [1.165, 1.54) is 25.7 Å². The maximum absolute atomic E-state index is 9.39. The standard InChI is InChI=1S/C27H36N2O3/c1-2-15-29(24-5-3-4-6-24)18-25-16-26(22-11-9-21(19-30)10-12-22)32-27(31-25)23-13-7-20(17-28)8-14-23/h2,7-14,24-27,30H,1,3-6,15-19,28H2/t25-,26+,27+/m1/s1. The molecule has 0 bridgehead atoms. The molecule has 1 saturated carbocycles. The summed E-state index contributed by atoms with van der Waals surface area (Å²) < 4.78 is 13.0. The topological polar surface area (TPSA) is 68.0 Å². The summed E-state index contributed by atoms with van der Waals surface area (Å²) >= 11 is 0. The summed E-state index contributed by atoms with van der Waals surface area (Å²) in [6.07, 6.45) is 7.52. The Morgan fingerprint density at radius 1 is 0.969 bits per heavy atom. The van der Waals surface area contributed by atoms with Gasteiger partial charge in [0.25, 0.3) is 0 Å². The second-order valence-corrected chi connectivity index (χ2v) is 8.98. The molecule has 1 heterocycles. The van der Waals surface area contributed by atoms with Crippen LogP contribution in [0.2, 0.25) is 0 Å². The van der Waals surface area contributed by atoms with Gasteiger partial charge >= 0.3 is 0 Å². The molecule has 32 heavy (non-hydrogen) atoms. The number of nitrogens with zero attached hydrogens (tertiary/aromatic N) is 1. The highest BCUT2D eigenvalue weighted by Gasteiger charge is 2.34. The molecule has 0 spiro atoms. The number of aliphatic hydroxyl groups excluding tert-OH is 1. The number of benzene rings is 2. The first-order valence-corrected chi connectivity index (χ1v) is 11.8. The maximum atomic E-state index is 9.39. The van der Waals surface area contributed by atoms with Crippen molar-refractivity contribution in [3.05, 3.63) is 83.4 Å². The smallest absolute Gasteiger partial charge is 0.184 e. The third-order valence-electron chi connectivity index (χ3n) is 6.75. The predicted molar refractivity (Wildman–Crippen MR) is 127 cm³/mol. The van der Waals surface area contributed by atoms with Gasteiger partial charge < -0.3 is 20.3 Å². The number of nitrogens with two attached hydrogens (primary N) is 1. The van der Waals surface area contributed by atoms with Crippen molar-refractivity contribution in [2.24, 2.45) is 5.73 Å². The van der Waals surface area contributed by atoms with E-state index in [0.29, 0.717) is 12.6 Å². The van der Waals surface area contributed by atoms with Crippen molar-refractivity contribution in [3.63, 3.8) is 0 Å². The highest BCUT2D eigenvalue weighted by atomic mass is 16.7. The molecule has 0 radical (unpaired) electrons. The second kappa shape index (κ2) is 11.2. The van der Waals surface area contributed by atoms with Crippen LogP contribution in [0.5, 0.6) is 0 Å². The first kappa shape index (κ1) is 23.1. The lowest BCUT2D eigenvalue weighted by molar-refractivity contribution is -0.253. The molecule has 5 nitrogen and oxygen atoms in total. The van der Waals surface area contributed by atoms with E-state index in [2.05, 4.69) is 35.7 Å². The molecule has 1 aliphatic heterocycles. The second-order valence-electron chi connectivity index (χ2n) is 8.98. The average Bonchev–Trinajstić information content (AvgIpc) is 3.39. The van der Waals surface area contributed by atoms with E-state index in [-0.39, 0.29) is 18.8 Å². The first-order valence-electron chi connectivity index (χ1n) is 11.8. The molecule has 0 aromatic heterocycles. The molecule has 3 atom stereocenters. The van der Waals surface area contributed by atoms with Gasteiger partial charge in [0, 0.05) is 37.7 Å². The minimum atomic E-state index is -0.419. The van der Waals surface area contributed by atoms with Crippen LogP contribution >= 0.6 is 0 Å². The zero-order valence-corrected chi connectivity index (χ0v) is 18.9. The van der Waals surface area contributed by atoms with Gasteiger partial charge in [-0.2, -0.15) is 0 Å². The van der Waals surface area contributed by atoms with E-state index >= 15 is 0 Å². The zero-order valence-electron chi connectivity index (χ0n) is 18.9. The van der Waals surface area contributed by atoms with Crippen LogP contribution in [-0.4, -0.2) is 35.2 Å². The fourth-order valence-corrected chi connectivity index (χ4v) is 4.91. The highest BCUT2D eigenvalue weighted by molar-refractivity contribution is 5.26. The van der Waals surface area contributed by atoms with E-state index in [0.717, 1.165) is 41.8 Å². The van der Waals surface area contributed by atoms with Gasteiger partial charge in [-0.05, 0) is 29.5 Å². The monoisotopic (exact) mass is 436 g/mol. The van der Waals surface area contributed by atoms with E-state index in [4.69, 9.17) is 15.2 Å². The van der Waals surface area contributed by atoms with Gasteiger partial charge in [-0.25, -0.2) is 0 Å². The Labute approximate surface area is 191 Å². The summed E-state index contributed by atoms with van der Waals surface area (Å²) in [4.78, 5) is 2.54. The SMILES string of the molecule is C=CCN(C[C@H]1C[C@@H](c2ccc(CO)cc2)O[C@@H](c2ccc(CN)cc2)O1)C1CCCC1. The van der Waals surface area contributed by atoms with Gasteiger partial charge in [0.1, 0.15) is 0 Å². The van der Waals surface area contributed by atoms with Crippen LogP contribution in [0.3, 0.4) is 0 Å². The Morgan fingerprint density at radius 2 is 1.62 bits per heavy atom. The molecule has 3 N–H and O–H groups in total. The van der Waals surface area contributed by atoms with Crippen molar-refractivity contribution in [2.75, 3.05) is 13.1 Å². The average molecular weight is 437 g/mol. The molecule has 2 aromatic rings. The summed E-state index contributed by atoms with van der Waals surface area (Å²) in [6.45, 7) is 6.32. The summed E-state index contributed by atoms with van der Waals surface area (Å²) in [5.41, 5.74) is 9.91. The van der Waals surface area contributed by atoms with Gasteiger partial charge in [0.2, 0.25) is 0 Å². The van der Waals surface area contributed by atoms with E-state index in [1.807, 2.05) is 30.3 Å². The van der Waals surface area contributed by atoms with Crippen molar-refractivity contribution in [3.8, 4) is 0 Å². The Morgan fingerprint density at radius 3 is 2.25 bits per heavy atom. The normalized spacial score (nSPS) is 24.2. The van der Waals surface area contributed by atoms with Crippen LogP contribution in [0, 0.1) is 0 Å². The largest absolute Gasteiger partial charge is 0.392 e. The highest BCUT2D eigenvalue weighted by Crippen LogP contribution is 2.38. The van der Waals surface area contributed by atoms with Crippen LogP contribution in [0.15, 0.2) is 61.2 Å². The van der Waals surface area contributed by atoms with Gasteiger partial charge in [-0.15, -0.1) is 6.58 Å². The van der Waals surface area contributed by atoms with E-state index < -0.39 is 6.29 Å². The summed E-state index contributed by atoms with van der Waals surface area (Å²) in [5, 5.41) is 9.39. The molecule has 2 aromatic carbocycles. The lowest BCUT2D eigenvalue weighted by Gasteiger charge is -2.39. The van der Waals surface area contributed by atoms with Crippen molar-refractivity contribution >= 4 is 0 Å². The van der Waals surface area contributed by atoms with Crippen LogP contribution < -0.4 is 5.73 Å². The number of hydrogen-bond acceptors (Lipinski definition) is 5. The summed E-state index contributed by atoms with van der Waals surface area (Å²) in [6, 6.07) is 16.9. The van der Waals surface area contributed by atoms with Gasteiger partial charge in [0.05, 0.1) is 18.8 Å². The molecule has 4 rings (SSSR count).